The normalized spacial score (nSPS) is 22.1. The van der Waals surface area contributed by atoms with E-state index in [1.807, 2.05) is 6.92 Å². The Balaban J connectivity index is 1.93. The third kappa shape index (κ3) is 2.61. The summed E-state index contributed by atoms with van der Waals surface area (Å²) in [5.41, 5.74) is 0.763. The summed E-state index contributed by atoms with van der Waals surface area (Å²) in [4.78, 5) is 24.7. The number of carbonyl (C=O) groups excluding carboxylic acids is 1. The largest absolute Gasteiger partial charge is 0.481 e. The van der Waals surface area contributed by atoms with Crippen molar-refractivity contribution in [1.29, 1.82) is 0 Å². The number of likely N-dealkylation sites (tertiary alicyclic amines) is 1. The molecule has 110 valence electrons. The number of aryl methyl sites for hydroxylation is 2. The minimum atomic E-state index is -0.862. The van der Waals surface area contributed by atoms with E-state index in [0.29, 0.717) is 25.3 Å². The van der Waals surface area contributed by atoms with Crippen LogP contribution in [0, 0.1) is 19.3 Å². The van der Waals surface area contributed by atoms with E-state index in [9.17, 15) is 9.59 Å². The maximum absolute atomic E-state index is 12.0. The second-order valence-corrected chi connectivity index (χ2v) is 5.50. The molecule has 1 unspecified atom stereocenters. The standard InChI is InChI=1S/C13H19N3O4/c1-8-10(9(2)20-15-8)6-14-12(19)16-5-4-13(3,7-16)11(17)18/h4-7H2,1-3H3,(H,14,19)(H,17,18). The zero-order chi connectivity index (χ0) is 14.9. The number of carbonyl (C=O) groups is 2. The molecule has 2 amide bonds. The Kier molecular flexibility index (Phi) is 3.69. The van der Waals surface area contributed by atoms with Crippen molar-refractivity contribution in [2.24, 2.45) is 5.41 Å². The average Bonchev–Trinajstić information content (AvgIpc) is 2.93. The maximum atomic E-state index is 12.0. The fourth-order valence-corrected chi connectivity index (χ4v) is 2.34. The van der Waals surface area contributed by atoms with Crippen molar-refractivity contribution < 1.29 is 19.2 Å². The van der Waals surface area contributed by atoms with Gasteiger partial charge in [0, 0.05) is 25.2 Å². The molecule has 1 aliphatic heterocycles. The van der Waals surface area contributed by atoms with Crippen LogP contribution in [0.4, 0.5) is 4.79 Å². The van der Waals surface area contributed by atoms with Gasteiger partial charge in [-0.15, -0.1) is 0 Å². The molecule has 0 aromatic carbocycles. The monoisotopic (exact) mass is 281 g/mol. The Morgan fingerprint density at radius 3 is 2.70 bits per heavy atom. The van der Waals surface area contributed by atoms with Crippen LogP contribution in [0.3, 0.4) is 0 Å². The Labute approximate surface area is 116 Å². The summed E-state index contributed by atoms with van der Waals surface area (Å²) in [7, 11) is 0. The molecule has 20 heavy (non-hydrogen) atoms. The van der Waals surface area contributed by atoms with Crippen molar-refractivity contribution >= 4 is 12.0 Å². The lowest BCUT2D eigenvalue weighted by atomic mass is 9.90. The molecule has 2 heterocycles. The smallest absolute Gasteiger partial charge is 0.317 e. The predicted octanol–water partition coefficient (Wildman–Crippen LogP) is 1.30. The predicted molar refractivity (Wildman–Crippen MR) is 70.1 cm³/mol. The summed E-state index contributed by atoms with van der Waals surface area (Å²) in [6, 6.07) is -0.255. The Bertz CT molecular complexity index is 520. The molecule has 0 radical (unpaired) electrons. The van der Waals surface area contributed by atoms with E-state index in [0.717, 1.165) is 11.3 Å². The third-order valence-electron chi connectivity index (χ3n) is 3.87. The Morgan fingerprint density at radius 2 is 2.20 bits per heavy atom. The van der Waals surface area contributed by atoms with E-state index in [1.165, 1.54) is 4.90 Å². The molecule has 1 aliphatic rings. The zero-order valence-corrected chi connectivity index (χ0v) is 11.9. The molecule has 7 nitrogen and oxygen atoms in total. The Morgan fingerprint density at radius 1 is 1.50 bits per heavy atom. The van der Waals surface area contributed by atoms with Gasteiger partial charge in [-0.1, -0.05) is 5.16 Å². The average molecular weight is 281 g/mol. The van der Waals surface area contributed by atoms with Crippen molar-refractivity contribution in [3.05, 3.63) is 17.0 Å². The number of urea groups is 1. The van der Waals surface area contributed by atoms with Gasteiger partial charge < -0.3 is 19.8 Å². The third-order valence-corrected chi connectivity index (χ3v) is 3.87. The number of rotatable bonds is 3. The Hall–Kier alpha value is -2.05. The fourth-order valence-electron chi connectivity index (χ4n) is 2.34. The van der Waals surface area contributed by atoms with Crippen LogP contribution >= 0.6 is 0 Å². The van der Waals surface area contributed by atoms with Gasteiger partial charge in [-0.05, 0) is 27.2 Å². The van der Waals surface area contributed by atoms with Crippen LogP contribution in [0.2, 0.25) is 0 Å². The number of hydrogen-bond acceptors (Lipinski definition) is 4. The molecule has 1 aromatic rings. The quantitative estimate of drug-likeness (QED) is 0.870. The van der Waals surface area contributed by atoms with Crippen molar-refractivity contribution in [2.45, 2.75) is 33.7 Å². The number of nitrogens with zero attached hydrogens (tertiary/aromatic N) is 2. The molecule has 1 atom stereocenters. The first-order valence-corrected chi connectivity index (χ1v) is 6.51. The van der Waals surface area contributed by atoms with Crippen LogP contribution in [0.5, 0.6) is 0 Å². The summed E-state index contributed by atoms with van der Waals surface area (Å²) in [6.45, 7) is 6.29. The van der Waals surface area contributed by atoms with Gasteiger partial charge in [-0.3, -0.25) is 4.79 Å². The summed E-state index contributed by atoms with van der Waals surface area (Å²) in [6.07, 6.45) is 0.473. The van der Waals surface area contributed by atoms with Crippen LogP contribution in [-0.2, 0) is 11.3 Å². The molecule has 0 bridgehead atoms. The second-order valence-electron chi connectivity index (χ2n) is 5.50. The lowest BCUT2D eigenvalue weighted by Gasteiger charge is -2.20. The highest BCUT2D eigenvalue weighted by molar-refractivity contribution is 5.79. The van der Waals surface area contributed by atoms with Crippen LogP contribution in [0.25, 0.3) is 0 Å². The van der Waals surface area contributed by atoms with Gasteiger partial charge in [0.25, 0.3) is 0 Å². The molecule has 1 aromatic heterocycles. The highest BCUT2D eigenvalue weighted by Crippen LogP contribution is 2.30. The number of aliphatic carboxylic acids is 1. The van der Waals surface area contributed by atoms with Crippen LogP contribution in [0.15, 0.2) is 4.52 Å². The van der Waals surface area contributed by atoms with Crippen molar-refractivity contribution in [3.8, 4) is 0 Å². The number of amides is 2. The first kappa shape index (κ1) is 14.4. The lowest BCUT2D eigenvalue weighted by molar-refractivity contribution is -0.146. The molecule has 7 heteroatoms. The minimum Gasteiger partial charge on any atom is -0.481 e. The van der Waals surface area contributed by atoms with E-state index in [2.05, 4.69) is 10.5 Å². The fraction of sp³-hybridized carbons (Fsp3) is 0.615. The lowest BCUT2D eigenvalue weighted by Crippen LogP contribution is -2.40. The summed E-state index contributed by atoms with van der Waals surface area (Å²) < 4.78 is 5.02. The van der Waals surface area contributed by atoms with E-state index >= 15 is 0 Å². The van der Waals surface area contributed by atoms with Gasteiger partial charge in [-0.25, -0.2) is 4.79 Å². The zero-order valence-electron chi connectivity index (χ0n) is 11.9. The van der Waals surface area contributed by atoms with E-state index in [-0.39, 0.29) is 12.6 Å². The van der Waals surface area contributed by atoms with Gasteiger partial charge in [0.1, 0.15) is 5.76 Å². The molecule has 1 fully saturated rings. The highest BCUT2D eigenvalue weighted by Gasteiger charge is 2.42. The number of hydrogen-bond donors (Lipinski definition) is 2. The van der Waals surface area contributed by atoms with Gasteiger partial charge >= 0.3 is 12.0 Å². The number of aromatic nitrogens is 1. The second kappa shape index (κ2) is 5.15. The molecule has 0 saturated carbocycles. The summed E-state index contributed by atoms with van der Waals surface area (Å²) in [5.74, 6) is -0.182. The van der Waals surface area contributed by atoms with Crippen molar-refractivity contribution in [1.82, 2.24) is 15.4 Å². The minimum absolute atomic E-state index is 0.232. The number of nitrogens with one attached hydrogen (secondary N) is 1. The SMILES string of the molecule is Cc1noc(C)c1CNC(=O)N1CCC(C)(C(=O)O)C1. The van der Waals surface area contributed by atoms with E-state index in [1.54, 1.807) is 13.8 Å². The first-order valence-electron chi connectivity index (χ1n) is 6.51. The van der Waals surface area contributed by atoms with Crippen LogP contribution in [0.1, 0.15) is 30.4 Å². The van der Waals surface area contributed by atoms with Crippen LogP contribution in [-0.4, -0.2) is 40.3 Å². The first-order chi connectivity index (χ1) is 9.33. The molecular formula is C13H19N3O4. The van der Waals surface area contributed by atoms with Crippen molar-refractivity contribution in [2.75, 3.05) is 13.1 Å². The maximum Gasteiger partial charge on any atom is 0.317 e. The summed E-state index contributed by atoms with van der Waals surface area (Å²) in [5, 5.41) is 15.7. The molecular weight excluding hydrogens is 262 g/mol. The molecule has 0 spiro atoms. The number of carboxylic acids is 1. The van der Waals surface area contributed by atoms with Gasteiger partial charge in [-0.2, -0.15) is 0 Å². The van der Waals surface area contributed by atoms with E-state index in [4.69, 9.17) is 9.63 Å². The van der Waals surface area contributed by atoms with Gasteiger partial charge in [0.05, 0.1) is 11.1 Å². The van der Waals surface area contributed by atoms with Crippen LogP contribution < -0.4 is 5.32 Å². The van der Waals surface area contributed by atoms with Gasteiger partial charge in [0.15, 0.2) is 0 Å². The van der Waals surface area contributed by atoms with Crippen molar-refractivity contribution in [3.63, 3.8) is 0 Å². The van der Waals surface area contributed by atoms with E-state index < -0.39 is 11.4 Å². The molecule has 1 saturated heterocycles. The molecule has 0 aliphatic carbocycles. The molecule has 2 rings (SSSR count). The molecule has 2 N–H and O–H groups in total. The summed E-state index contributed by atoms with van der Waals surface area (Å²) >= 11 is 0. The van der Waals surface area contributed by atoms with Gasteiger partial charge in [0.2, 0.25) is 0 Å². The topological polar surface area (TPSA) is 95.7 Å². The highest BCUT2D eigenvalue weighted by atomic mass is 16.5. The number of carboxylic acid groups (broad SMARTS) is 1.